The summed E-state index contributed by atoms with van der Waals surface area (Å²) in [7, 11) is -0.177. The first-order valence-corrected chi connectivity index (χ1v) is 10.4. The van der Waals surface area contributed by atoms with Crippen molar-refractivity contribution in [3.05, 3.63) is 23.5 Å². The minimum atomic E-state index is -1.85. The molecule has 0 spiro atoms. The van der Waals surface area contributed by atoms with Crippen molar-refractivity contribution in [1.82, 2.24) is 4.98 Å². The molecule has 0 aliphatic carbocycles. The molecule has 0 fully saturated rings. The Balaban J connectivity index is 2.63. The van der Waals surface area contributed by atoms with E-state index in [1.165, 1.54) is 0 Å². The van der Waals surface area contributed by atoms with Gasteiger partial charge >= 0.3 is 0 Å². The van der Waals surface area contributed by atoms with E-state index in [-0.39, 0.29) is 11.1 Å². The van der Waals surface area contributed by atoms with E-state index in [0.29, 0.717) is 24.1 Å². The summed E-state index contributed by atoms with van der Waals surface area (Å²) in [4.78, 5) is 3.99. The lowest BCUT2D eigenvalue weighted by molar-refractivity contribution is 0.0397. The summed E-state index contributed by atoms with van der Waals surface area (Å²) >= 11 is 5.76. The summed E-state index contributed by atoms with van der Waals surface area (Å²) < 4.78 is 17.3. The zero-order valence-electron chi connectivity index (χ0n) is 13.8. The van der Waals surface area contributed by atoms with E-state index in [4.69, 9.17) is 25.5 Å². The number of hydrogen-bond acceptors (Lipinski definition) is 4. The van der Waals surface area contributed by atoms with Gasteiger partial charge < -0.3 is 13.9 Å². The average molecular weight is 332 g/mol. The van der Waals surface area contributed by atoms with Crippen molar-refractivity contribution in [3.8, 4) is 5.75 Å². The van der Waals surface area contributed by atoms with Crippen LogP contribution in [0.1, 0.15) is 20.8 Å². The van der Waals surface area contributed by atoms with Crippen LogP contribution >= 0.6 is 11.6 Å². The smallest absolute Gasteiger partial charge is 0.192 e. The van der Waals surface area contributed by atoms with E-state index in [9.17, 15) is 0 Å². The van der Waals surface area contributed by atoms with E-state index in [0.717, 1.165) is 0 Å². The van der Waals surface area contributed by atoms with Crippen molar-refractivity contribution in [1.29, 1.82) is 0 Å². The van der Waals surface area contributed by atoms with Crippen molar-refractivity contribution >= 4 is 19.9 Å². The Bertz CT molecular complexity index is 432. The summed E-state index contributed by atoms with van der Waals surface area (Å²) in [5.74, 6) is 0.680. The first-order chi connectivity index (χ1) is 9.65. The highest BCUT2D eigenvalue weighted by atomic mass is 35.5. The van der Waals surface area contributed by atoms with E-state index in [2.05, 4.69) is 38.8 Å². The van der Waals surface area contributed by atoms with Crippen LogP contribution in [0, 0.1) is 0 Å². The molecule has 1 unspecified atom stereocenters. The Morgan fingerprint density at radius 1 is 1.24 bits per heavy atom. The molecule has 0 aliphatic rings. The fourth-order valence-electron chi connectivity index (χ4n) is 1.53. The van der Waals surface area contributed by atoms with Crippen LogP contribution in [0.3, 0.4) is 0 Å². The number of ether oxygens (including phenoxy) is 2. The van der Waals surface area contributed by atoms with Crippen LogP contribution in [0.4, 0.5) is 0 Å². The third kappa shape index (κ3) is 5.94. The van der Waals surface area contributed by atoms with Gasteiger partial charge in [0.1, 0.15) is 23.6 Å². The monoisotopic (exact) mass is 331 g/mol. The van der Waals surface area contributed by atoms with Crippen LogP contribution < -0.4 is 4.74 Å². The zero-order chi connectivity index (χ0) is 16.1. The predicted octanol–water partition coefficient (Wildman–Crippen LogP) is 4.15. The van der Waals surface area contributed by atoms with Gasteiger partial charge in [-0.3, -0.25) is 0 Å². The third-order valence-corrected chi connectivity index (χ3v) is 8.51. The van der Waals surface area contributed by atoms with Gasteiger partial charge in [0, 0.05) is 7.11 Å². The summed E-state index contributed by atoms with van der Waals surface area (Å²) in [6.07, 6.45) is 1.52. The minimum Gasteiger partial charge on any atom is -0.489 e. The van der Waals surface area contributed by atoms with Gasteiger partial charge in [-0.25, -0.2) is 4.98 Å². The predicted molar refractivity (Wildman–Crippen MR) is 88.7 cm³/mol. The molecule has 0 radical (unpaired) electrons. The SMILES string of the molecule is COCC(COc1ccc(Cl)nc1)O[Si](C)(C)C(C)(C)C. The molecule has 0 amide bonds. The Kier molecular flexibility index (Phi) is 6.65. The van der Waals surface area contributed by atoms with Crippen molar-refractivity contribution < 1.29 is 13.9 Å². The topological polar surface area (TPSA) is 40.6 Å². The summed E-state index contributed by atoms with van der Waals surface area (Å²) in [5, 5.41) is 0.606. The van der Waals surface area contributed by atoms with Crippen LogP contribution in [-0.4, -0.2) is 39.7 Å². The quantitative estimate of drug-likeness (QED) is 0.556. The molecule has 1 aromatic rings. The second kappa shape index (κ2) is 7.58. The van der Waals surface area contributed by atoms with Crippen LogP contribution in [0.5, 0.6) is 5.75 Å². The fraction of sp³-hybridized carbons (Fsp3) is 0.667. The standard InChI is InChI=1S/C15H26ClNO3Si/c1-15(2,3)21(5,6)20-13(10-18-4)11-19-12-7-8-14(16)17-9-12/h7-9,13H,10-11H2,1-6H3. The van der Waals surface area contributed by atoms with Gasteiger partial charge in [-0.15, -0.1) is 0 Å². The fourth-order valence-corrected chi connectivity index (χ4v) is 2.97. The van der Waals surface area contributed by atoms with Crippen molar-refractivity contribution in [2.24, 2.45) is 0 Å². The van der Waals surface area contributed by atoms with Gasteiger partial charge in [0.05, 0.1) is 12.8 Å². The van der Waals surface area contributed by atoms with Crippen LogP contribution in [0.25, 0.3) is 0 Å². The zero-order valence-corrected chi connectivity index (χ0v) is 15.5. The van der Waals surface area contributed by atoms with Gasteiger partial charge in [-0.2, -0.15) is 0 Å². The number of hydrogen-bond donors (Lipinski definition) is 0. The maximum atomic E-state index is 6.33. The lowest BCUT2D eigenvalue weighted by atomic mass is 10.2. The van der Waals surface area contributed by atoms with Crippen LogP contribution in [0.2, 0.25) is 23.3 Å². The molecule has 120 valence electrons. The summed E-state index contributed by atoms with van der Waals surface area (Å²) in [5.41, 5.74) is 0. The second-order valence-electron chi connectivity index (χ2n) is 6.58. The molecule has 0 aromatic carbocycles. The molecule has 4 nitrogen and oxygen atoms in total. The molecule has 0 N–H and O–H groups in total. The minimum absolute atomic E-state index is 0.0911. The molecular weight excluding hydrogens is 306 g/mol. The Morgan fingerprint density at radius 2 is 1.90 bits per heavy atom. The molecular formula is C15H26ClNO3Si. The Hall–Kier alpha value is -0.623. The number of pyridine rings is 1. The average Bonchev–Trinajstić information content (AvgIpc) is 2.36. The molecule has 21 heavy (non-hydrogen) atoms. The van der Waals surface area contributed by atoms with Gasteiger partial charge in [0.25, 0.3) is 0 Å². The first-order valence-electron chi connectivity index (χ1n) is 7.07. The summed E-state index contributed by atoms with van der Waals surface area (Å²) in [6, 6.07) is 3.50. The molecule has 0 aliphatic heterocycles. The maximum absolute atomic E-state index is 6.33. The number of halogens is 1. The van der Waals surface area contributed by atoms with Crippen molar-refractivity contribution in [2.45, 2.75) is 45.0 Å². The first kappa shape index (κ1) is 18.4. The molecule has 1 heterocycles. The van der Waals surface area contributed by atoms with Gasteiger partial charge in [-0.05, 0) is 30.3 Å². The van der Waals surface area contributed by atoms with Crippen molar-refractivity contribution in [3.63, 3.8) is 0 Å². The van der Waals surface area contributed by atoms with Gasteiger partial charge in [-0.1, -0.05) is 32.4 Å². The van der Waals surface area contributed by atoms with E-state index in [1.807, 2.05) is 0 Å². The third-order valence-electron chi connectivity index (χ3n) is 3.76. The number of methoxy groups -OCH3 is 1. The molecule has 0 saturated carbocycles. The van der Waals surface area contributed by atoms with E-state index < -0.39 is 8.32 Å². The highest BCUT2D eigenvalue weighted by Gasteiger charge is 2.39. The number of nitrogens with zero attached hydrogens (tertiary/aromatic N) is 1. The number of aromatic nitrogens is 1. The highest BCUT2D eigenvalue weighted by molar-refractivity contribution is 6.74. The molecule has 6 heteroatoms. The molecule has 0 bridgehead atoms. The summed E-state index contributed by atoms with van der Waals surface area (Å²) in [6.45, 7) is 12.0. The van der Waals surface area contributed by atoms with E-state index >= 15 is 0 Å². The number of rotatable bonds is 7. The largest absolute Gasteiger partial charge is 0.489 e. The molecule has 1 aromatic heterocycles. The van der Waals surface area contributed by atoms with Gasteiger partial charge in [0.2, 0.25) is 0 Å². The van der Waals surface area contributed by atoms with Gasteiger partial charge in [0.15, 0.2) is 8.32 Å². The van der Waals surface area contributed by atoms with Crippen LogP contribution in [0.15, 0.2) is 18.3 Å². The Labute approximate surface area is 133 Å². The van der Waals surface area contributed by atoms with Crippen LogP contribution in [-0.2, 0) is 9.16 Å². The molecule has 0 saturated heterocycles. The lowest BCUT2D eigenvalue weighted by Crippen LogP contribution is -2.46. The molecule has 1 rings (SSSR count). The van der Waals surface area contributed by atoms with E-state index in [1.54, 1.807) is 25.4 Å². The Morgan fingerprint density at radius 3 is 2.38 bits per heavy atom. The molecule has 1 atom stereocenters. The lowest BCUT2D eigenvalue weighted by Gasteiger charge is -2.39. The van der Waals surface area contributed by atoms with Crippen molar-refractivity contribution in [2.75, 3.05) is 20.3 Å². The maximum Gasteiger partial charge on any atom is 0.192 e. The highest BCUT2D eigenvalue weighted by Crippen LogP contribution is 2.37. The second-order valence-corrected chi connectivity index (χ2v) is 11.7. The normalized spacial score (nSPS) is 14.0.